The number of benzene rings is 1. The third-order valence-electron chi connectivity index (χ3n) is 2.45. The number of hydrogen-bond acceptors (Lipinski definition) is 4. The van der Waals surface area contributed by atoms with Gasteiger partial charge in [-0.3, -0.25) is 10.1 Å². The van der Waals surface area contributed by atoms with E-state index < -0.39 is 0 Å². The Hall–Kier alpha value is -2.08. The van der Waals surface area contributed by atoms with Gasteiger partial charge in [0.25, 0.3) is 5.91 Å². The molecule has 2 rings (SSSR count). The third kappa shape index (κ3) is 3.45. The Balaban J connectivity index is 1.93. The summed E-state index contributed by atoms with van der Waals surface area (Å²) in [7, 11) is 0. The second-order valence-electron chi connectivity index (χ2n) is 4.04. The number of rotatable bonds is 4. The number of aryl methyl sites for hydroxylation is 2. The van der Waals surface area contributed by atoms with E-state index >= 15 is 0 Å². The summed E-state index contributed by atoms with van der Waals surface area (Å²) in [6.45, 7) is 3.66. The van der Waals surface area contributed by atoms with Gasteiger partial charge >= 0.3 is 0 Å². The van der Waals surface area contributed by atoms with E-state index in [0.29, 0.717) is 10.8 Å². The van der Waals surface area contributed by atoms with E-state index in [2.05, 4.69) is 20.5 Å². The Kier molecular flexibility index (Phi) is 4.01. The third-order valence-corrected chi connectivity index (χ3v) is 3.05. The summed E-state index contributed by atoms with van der Waals surface area (Å²) in [4.78, 5) is 15.3. The topological polar surface area (TPSA) is 79.9 Å². The van der Waals surface area contributed by atoms with Crippen molar-refractivity contribution in [1.82, 2.24) is 15.2 Å². The van der Waals surface area contributed by atoms with Crippen molar-refractivity contribution in [1.29, 1.82) is 0 Å². The number of halogens is 1. The van der Waals surface area contributed by atoms with Gasteiger partial charge < -0.3 is 4.74 Å². The Morgan fingerprint density at radius 2 is 2.11 bits per heavy atom. The predicted molar refractivity (Wildman–Crippen MR) is 71.4 cm³/mol. The van der Waals surface area contributed by atoms with Crippen LogP contribution >= 0.6 is 11.6 Å². The van der Waals surface area contributed by atoms with Crippen molar-refractivity contribution in [2.75, 3.05) is 11.9 Å². The summed E-state index contributed by atoms with van der Waals surface area (Å²) in [5.74, 6) is 0.575. The molecule has 1 aromatic heterocycles. The molecule has 0 fully saturated rings. The lowest BCUT2D eigenvalue weighted by atomic mass is 10.1. The maximum Gasteiger partial charge on any atom is 0.264 e. The van der Waals surface area contributed by atoms with E-state index in [-0.39, 0.29) is 18.5 Å². The highest BCUT2D eigenvalue weighted by molar-refractivity contribution is 6.32. The van der Waals surface area contributed by atoms with Crippen molar-refractivity contribution in [3.05, 3.63) is 34.6 Å². The number of carbonyl (C=O) groups excluding carboxylic acids is 1. The number of nitrogens with zero attached hydrogens (tertiary/aromatic N) is 2. The van der Waals surface area contributed by atoms with E-state index in [1.165, 1.54) is 6.33 Å². The van der Waals surface area contributed by atoms with Gasteiger partial charge in [0.1, 0.15) is 12.1 Å². The molecule has 1 heterocycles. The molecule has 6 nitrogen and oxygen atoms in total. The van der Waals surface area contributed by atoms with Crippen LogP contribution in [-0.2, 0) is 4.79 Å². The number of amides is 1. The lowest BCUT2D eigenvalue weighted by Gasteiger charge is -2.09. The van der Waals surface area contributed by atoms with Crippen LogP contribution < -0.4 is 10.1 Å². The van der Waals surface area contributed by atoms with Crippen molar-refractivity contribution in [2.45, 2.75) is 13.8 Å². The lowest BCUT2D eigenvalue weighted by Crippen LogP contribution is -2.20. The van der Waals surface area contributed by atoms with Crippen molar-refractivity contribution in [3.63, 3.8) is 0 Å². The van der Waals surface area contributed by atoms with Gasteiger partial charge in [-0.2, -0.15) is 10.1 Å². The number of ether oxygens (including phenoxy) is 1. The van der Waals surface area contributed by atoms with Crippen molar-refractivity contribution < 1.29 is 9.53 Å². The summed E-state index contributed by atoms with van der Waals surface area (Å²) in [6.07, 6.45) is 1.31. The number of aromatic nitrogens is 3. The fraction of sp³-hybridized carbons (Fsp3) is 0.250. The van der Waals surface area contributed by atoms with Crippen LogP contribution in [0.1, 0.15) is 11.1 Å². The predicted octanol–water partition coefficient (Wildman–Crippen LogP) is 2.09. The molecule has 0 aliphatic carbocycles. The van der Waals surface area contributed by atoms with Gasteiger partial charge in [0, 0.05) is 5.02 Å². The number of carbonyl (C=O) groups is 1. The molecule has 2 N–H and O–H groups in total. The Morgan fingerprint density at radius 3 is 2.68 bits per heavy atom. The minimum absolute atomic E-state index is 0.110. The first kappa shape index (κ1) is 13.4. The first-order valence-corrected chi connectivity index (χ1v) is 5.99. The normalized spacial score (nSPS) is 10.3. The Labute approximate surface area is 115 Å². The van der Waals surface area contributed by atoms with Gasteiger partial charge in [0.2, 0.25) is 5.95 Å². The van der Waals surface area contributed by atoms with Gasteiger partial charge in [-0.1, -0.05) is 11.6 Å². The number of H-pyrrole nitrogens is 1. The van der Waals surface area contributed by atoms with Gasteiger partial charge in [-0.15, -0.1) is 0 Å². The number of aromatic amines is 1. The molecule has 0 unspecified atom stereocenters. The van der Waals surface area contributed by atoms with E-state index in [1.807, 2.05) is 13.8 Å². The quantitative estimate of drug-likeness (QED) is 0.899. The summed E-state index contributed by atoms with van der Waals surface area (Å²) < 4.78 is 5.40. The maximum atomic E-state index is 11.6. The second-order valence-corrected chi connectivity index (χ2v) is 4.42. The monoisotopic (exact) mass is 280 g/mol. The molecule has 19 heavy (non-hydrogen) atoms. The van der Waals surface area contributed by atoms with Gasteiger partial charge in [-0.05, 0) is 37.1 Å². The first-order valence-electron chi connectivity index (χ1n) is 5.61. The van der Waals surface area contributed by atoms with Crippen LogP contribution in [0.4, 0.5) is 5.95 Å². The van der Waals surface area contributed by atoms with Crippen LogP contribution in [0.2, 0.25) is 5.02 Å². The molecule has 0 saturated carbocycles. The first-order chi connectivity index (χ1) is 9.06. The molecule has 1 aromatic carbocycles. The minimum Gasteiger partial charge on any atom is -0.484 e. The van der Waals surface area contributed by atoms with Crippen LogP contribution in [0.15, 0.2) is 18.5 Å². The SMILES string of the molecule is Cc1cc(OCC(=O)Nc2ncn[nH]2)cc(C)c1Cl. The molecule has 0 saturated heterocycles. The van der Waals surface area contributed by atoms with Crippen LogP contribution in [0.25, 0.3) is 0 Å². The summed E-state index contributed by atoms with van der Waals surface area (Å²) in [5.41, 5.74) is 1.82. The Morgan fingerprint density at radius 1 is 1.42 bits per heavy atom. The fourth-order valence-corrected chi connectivity index (χ4v) is 1.68. The highest BCUT2D eigenvalue weighted by Gasteiger charge is 2.07. The average Bonchev–Trinajstić information content (AvgIpc) is 2.86. The molecule has 100 valence electrons. The highest BCUT2D eigenvalue weighted by atomic mass is 35.5. The van der Waals surface area contributed by atoms with E-state index in [9.17, 15) is 4.79 Å². The summed E-state index contributed by atoms with van der Waals surface area (Å²) in [6, 6.07) is 3.58. The fourth-order valence-electron chi connectivity index (χ4n) is 1.57. The van der Waals surface area contributed by atoms with Gasteiger partial charge in [-0.25, -0.2) is 5.10 Å². The van der Waals surface area contributed by atoms with Crippen LogP contribution in [-0.4, -0.2) is 27.7 Å². The average molecular weight is 281 g/mol. The molecule has 0 bridgehead atoms. The molecular formula is C12H13ClN4O2. The molecule has 0 spiro atoms. The number of anilines is 1. The zero-order valence-electron chi connectivity index (χ0n) is 10.5. The maximum absolute atomic E-state index is 11.6. The van der Waals surface area contributed by atoms with E-state index in [0.717, 1.165) is 11.1 Å². The van der Waals surface area contributed by atoms with Crippen molar-refractivity contribution in [3.8, 4) is 5.75 Å². The zero-order valence-corrected chi connectivity index (χ0v) is 11.3. The molecule has 2 aromatic rings. The number of nitrogens with one attached hydrogen (secondary N) is 2. The Bertz CT molecular complexity index is 560. The van der Waals surface area contributed by atoms with Crippen molar-refractivity contribution >= 4 is 23.5 Å². The molecule has 1 amide bonds. The molecule has 0 aliphatic heterocycles. The highest BCUT2D eigenvalue weighted by Crippen LogP contribution is 2.25. The zero-order chi connectivity index (χ0) is 13.8. The van der Waals surface area contributed by atoms with Gasteiger partial charge in [0.05, 0.1) is 0 Å². The lowest BCUT2D eigenvalue weighted by molar-refractivity contribution is -0.118. The van der Waals surface area contributed by atoms with E-state index in [1.54, 1.807) is 12.1 Å². The molecule has 0 radical (unpaired) electrons. The van der Waals surface area contributed by atoms with Crippen LogP contribution in [0.3, 0.4) is 0 Å². The van der Waals surface area contributed by atoms with Crippen LogP contribution in [0.5, 0.6) is 5.75 Å². The molecule has 0 aliphatic rings. The second kappa shape index (κ2) is 5.71. The van der Waals surface area contributed by atoms with Crippen molar-refractivity contribution in [2.24, 2.45) is 0 Å². The summed E-state index contributed by atoms with van der Waals surface area (Å²) >= 11 is 6.05. The van der Waals surface area contributed by atoms with E-state index in [4.69, 9.17) is 16.3 Å². The summed E-state index contributed by atoms with van der Waals surface area (Å²) in [5, 5.41) is 9.37. The minimum atomic E-state index is -0.318. The largest absolute Gasteiger partial charge is 0.484 e. The molecular weight excluding hydrogens is 268 g/mol. The van der Waals surface area contributed by atoms with Gasteiger partial charge in [0.15, 0.2) is 6.61 Å². The van der Waals surface area contributed by atoms with Crippen LogP contribution in [0, 0.1) is 13.8 Å². The standard InChI is InChI=1S/C12H13ClN4O2/c1-7-3-9(4-8(2)11(7)13)19-5-10(18)16-12-14-6-15-17-12/h3-4,6H,5H2,1-2H3,(H2,14,15,16,17,18). The molecule has 7 heteroatoms. The smallest absolute Gasteiger partial charge is 0.264 e. The molecule has 0 atom stereocenters. The number of hydrogen-bond donors (Lipinski definition) is 2.